The molecule has 1 N–H and O–H groups in total. The zero-order chi connectivity index (χ0) is 17.8. The first kappa shape index (κ1) is 18.8. The van der Waals surface area contributed by atoms with Crippen LogP contribution in [0.5, 0.6) is 0 Å². The molecule has 1 rings (SSSR count). The molecule has 1 saturated heterocycles. The molecule has 2 unspecified atom stereocenters. The Balaban J connectivity index is 3.50. The molecular weight excluding hydrogens is 315 g/mol. The van der Waals surface area contributed by atoms with Gasteiger partial charge in [0, 0.05) is 11.0 Å². The summed E-state index contributed by atoms with van der Waals surface area (Å²) in [5, 5.41) is 9.40. The molecule has 0 aromatic carbocycles. The Morgan fingerprint density at radius 3 is 2.00 bits per heavy atom. The normalized spacial score (nSPS) is 31.9. The maximum absolute atomic E-state index is 14.5. The third kappa shape index (κ3) is 2.30. The van der Waals surface area contributed by atoms with Gasteiger partial charge in [0.15, 0.2) is 0 Å². The minimum absolute atomic E-state index is 0.276. The lowest BCUT2D eigenvalue weighted by Crippen LogP contribution is -2.68. The summed E-state index contributed by atoms with van der Waals surface area (Å²) in [5.41, 5.74) is -4.96. The molecule has 0 aromatic heterocycles. The summed E-state index contributed by atoms with van der Waals surface area (Å²) >= 11 is 0. The number of rotatable bonds is 2. The van der Waals surface area contributed by atoms with Crippen LogP contribution in [0.2, 0.25) is 0 Å². The van der Waals surface area contributed by atoms with E-state index in [9.17, 15) is 31.9 Å². The van der Waals surface area contributed by atoms with E-state index in [4.69, 9.17) is 0 Å². The fraction of sp³-hybridized carbons (Fsp3) is 0.769. The number of halogens is 5. The first-order valence-electron chi connectivity index (χ1n) is 6.23. The summed E-state index contributed by atoms with van der Waals surface area (Å²) in [6.45, 7) is 6.49. The highest BCUT2D eigenvalue weighted by Gasteiger charge is 2.86. The van der Waals surface area contributed by atoms with Crippen molar-refractivity contribution < 1.29 is 41.3 Å². The summed E-state index contributed by atoms with van der Waals surface area (Å²) < 4.78 is 76.3. The smallest absolute Gasteiger partial charge is 0.446 e. The van der Waals surface area contributed by atoms with Gasteiger partial charge in [-0.05, 0) is 6.92 Å². The Kier molecular flexibility index (Phi) is 4.18. The van der Waals surface area contributed by atoms with E-state index in [2.05, 4.69) is 16.1 Å². The van der Waals surface area contributed by atoms with Crippen molar-refractivity contribution in [3.63, 3.8) is 0 Å². The van der Waals surface area contributed by atoms with Crippen molar-refractivity contribution in [2.75, 3.05) is 6.61 Å². The molecular formula is C13H17F5O4. The molecule has 0 amide bonds. The Morgan fingerprint density at radius 2 is 1.73 bits per heavy atom. The molecule has 128 valence electrons. The third-order valence-corrected chi connectivity index (χ3v) is 3.63. The predicted molar refractivity (Wildman–Crippen MR) is 65.0 cm³/mol. The highest BCUT2D eigenvalue weighted by atomic mass is 19.4. The van der Waals surface area contributed by atoms with Crippen molar-refractivity contribution in [1.82, 2.24) is 0 Å². The molecule has 0 aliphatic carbocycles. The molecule has 0 aromatic rings. The van der Waals surface area contributed by atoms with Crippen LogP contribution < -0.4 is 0 Å². The van der Waals surface area contributed by atoms with E-state index in [0.717, 1.165) is 27.7 Å². The van der Waals surface area contributed by atoms with Gasteiger partial charge in [-0.3, -0.25) is 0 Å². The van der Waals surface area contributed by atoms with Gasteiger partial charge in [0.25, 0.3) is 0 Å². The van der Waals surface area contributed by atoms with Crippen LogP contribution in [0.25, 0.3) is 0 Å². The van der Waals surface area contributed by atoms with Crippen LogP contribution in [-0.2, 0) is 14.3 Å². The number of ether oxygens (including phenoxy) is 2. The maximum Gasteiger partial charge on any atom is 0.449 e. The average Bonchev–Trinajstić information content (AvgIpc) is 2.49. The van der Waals surface area contributed by atoms with Gasteiger partial charge < -0.3 is 14.6 Å². The lowest BCUT2D eigenvalue weighted by Gasteiger charge is -2.45. The molecule has 1 aliphatic heterocycles. The number of aliphatic hydroxyl groups is 1. The Hall–Kier alpha value is -1.22. The van der Waals surface area contributed by atoms with Crippen LogP contribution in [0.4, 0.5) is 22.0 Å². The van der Waals surface area contributed by atoms with Gasteiger partial charge in [-0.2, -0.15) is 22.0 Å². The molecule has 22 heavy (non-hydrogen) atoms. The van der Waals surface area contributed by atoms with Crippen molar-refractivity contribution >= 4 is 5.97 Å². The van der Waals surface area contributed by atoms with Crippen LogP contribution in [0.15, 0.2) is 12.2 Å². The van der Waals surface area contributed by atoms with Gasteiger partial charge in [0.05, 0.1) is 6.61 Å². The molecule has 9 heteroatoms. The second kappa shape index (κ2) is 4.89. The van der Waals surface area contributed by atoms with Crippen LogP contribution in [0, 0.1) is 5.41 Å². The summed E-state index contributed by atoms with van der Waals surface area (Å²) in [7, 11) is 0. The SMILES string of the molecule is C=C(C)C(=O)OC1(C(C)(C)C)COC(O)(C(F)(F)F)C1(F)F. The third-order valence-electron chi connectivity index (χ3n) is 3.63. The molecule has 1 heterocycles. The van der Waals surface area contributed by atoms with Crippen molar-refractivity contribution in [2.24, 2.45) is 5.41 Å². The zero-order valence-corrected chi connectivity index (χ0v) is 12.5. The topological polar surface area (TPSA) is 55.8 Å². The summed E-state index contributed by atoms with van der Waals surface area (Å²) in [5.74, 6) is -11.0. The largest absolute Gasteiger partial charge is 0.449 e. The molecule has 0 bridgehead atoms. The Labute approximate surface area is 123 Å². The van der Waals surface area contributed by atoms with Crippen LogP contribution in [0.3, 0.4) is 0 Å². The zero-order valence-electron chi connectivity index (χ0n) is 12.5. The number of alkyl halides is 5. The molecule has 0 radical (unpaired) electrons. The molecule has 0 saturated carbocycles. The van der Waals surface area contributed by atoms with Gasteiger partial charge in [-0.1, -0.05) is 27.4 Å². The average molecular weight is 332 g/mol. The van der Waals surface area contributed by atoms with E-state index < -0.39 is 41.5 Å². The highest BCUT2D eigenvalue weighted by Crippen LogP contribution is 2.59. The quantitative estimate of drug-likeness (QED) is 0.480. The van der Waals surface area contributed by atoms with Gasteiger partial charge in [-0.25, -0.2) is 4.79 Å². The minimum atomic E-state index is -5.78. The fourth-order valence-corrected chi connectivity index (χ4v) is 2.10. The lowest BCUT2D eigenvalue weighted by atomic mass is 9.71. The number of hydrogen-bond donors (Lipinski definition) is 1. The van der Waals surface area contributed by atoms with Crippen LogP contribution in [-0.4, -0.2) is 41.2 Å². The summed E-state index contributed by atoms with van der Waals surface area (Å²) in [6.07, 6.45) is -5.78. The summed E-state index contributed by atoms with van der Waals surface area (Å²) in [4.78, 5) is 11.6. The molecule has 0 spiro atoms. The van der Waals surface area contributed by atoms with Crippen molar-refractivity contribution in [2.45, 2.75) is 51.2 Å². The van der Waals surface area contributed by atoms with Crippen molar-refractivity contribution in [3.05, 3.63) is 12.2 Å². The van der Waals surface area contributed by atoms with E-state index in [1.807, 2.05) is 0 Å². The van der Waals surface area contributed by atoms with Crippen molar-refractivity contribution in [1.29, 1.82) is 0 Å². The second-order valence-corrected chi connectivity index (χ2v) is 6.25. The Morgan fingerprint density at radius 1 is 1.27 bits per heavy atom. The molecule has 1 aliphatic rings. The number of carbonyl (C=O) groups excluding carboxylic acids is 1. The van der Waals surface area contributed by atoms with Gasteiger partial charge in [-0.15, -0.1) is 0 Å². The van der Waals surface area contributed by atoms with Gasteiger partial charge in [0.1, 0.15) is 0 Å². The molecule has 4 nitrogen and oxygen atoms in total. The predicted octanol–water partition coefficient (Wildman–Crippen LogP) is 2.81. The minimum Gasteiger partial charge on any atom is -0.446 e. The van der Waals surface area contributed by atoms with Gasteiger partial charge in [0.2, 0.25) is 5.60 Å². The first-order chi connectivity index (χ1) is 9.53. The van der Waals surface area contributed by atoms with E-state index in [0.29, 0.717) is 0 Å². The van der Waals surface area contributed by atoms with E-state index in [-0.39, 0.29) is 5.57 Å². The van der Waals surface area contributed by atoms with Crippen LogP contribution >= 0.6 is 0 Å². The Bertz CT molecular complexity index is 494. The summed E-state index contributed by atoms with van der Waals surface area (Å²) in [6, 6.07) is 0. The maximum atomic E-state index is 14.5. The second-order valence-electron chi connectivity index (χ2n) is 6.25. The molecule has 1 fully saturated rings. The van der Waals surface area contributed by atoms with Crippen molar-refractivity contribution in [3.8, 4) is 0 Å². The van der Waals surface area contributed by atoms with Gasteiger partial charge >= 0.3 is 23.9 Å². The highest BCUT2D eigenvalue weighted by molar-refractivity contribution is 5.87. The number of carbonyl (C=O) groups is 1. The standard InChI is InChI=1S/C13H17F5O4/c1-7(2)8(19)22-10(9(3,4)5)6-21-12(20,11(10,14)15)13(16,17)18/h20H,1,6H2,2-5H3. The lowest BCUT2D eigenvalue weighted by molar-refractivity contribution is -0.412. The van der Waals surface area contributed by atoms with E-state index in [1.54, 1.807) is 0 Å². The number of hydrogen-bond acceptors (Lipinski definition) is 4. The first-order valence-corrected chi connectivity index (χ1v) is 6.23. The number of esters is 1. The van der Waals surface area contributed by atoms with E-state index in [1.165, 1.54) is 0 Å². The molecule has 2 atom stereocenters. The monoisotopic (exact) mass is 332 g/mol. The fourth-order valence-electron chi connectivity index (χ4n) is 2.10. The van der Waals surface area contributed by atoms with E-state index >= 15 is 0 Å². The van der Waals surface area contributed by atoms with Crippen LogP contribution in [0.1, 0.15) is 27.7 Å².